The molecule has 0 radical (unpaired) electrons. The minimum Gasteiger partial charge on any atom is -0.345 e. The molecular weight excluding hydrogens is 302 g/mol. The van der Waals surface area contributed by atoms with Crippen molar-refractivity contribution in [1.82, 2.24) is 14.6 Å². The van der Waals surface area contributed by atoms with Crippen molar-refractivity contribution in [3.05, 3.63) is 53.9 Å². The van der Waals surface area contributed by atoms with Gasteiger partial charge in [0.2, 0.25) is 10.0 Å². The van der Waals surface area contributed by atoms with Gasteiger partial charge in [0.05, 0.1) is 6.04 Å². The number of aromatic nitrogens is 1. The van der Waals surface area contributed by atoms with Crippen LogP contribution in [0.4, 0.5) is 0 Å². The van der Waals surface area contributed by atoms with Gasteiger partial charge in [-0.05, 0) is 25.6 Å². The average molecular weight is 321 g/mol. The Morgan fingerprint density at radius 1 is 1.23 bits per heavy atom. The molecule has 2 aromatic rings. The highest BCUT2D eigenvalue weighted by Crippen LogP contribution is 2.16. The molecule has 7 heteroatoms. The van der Waals surface area contributed by atoms with Gasteiger partial charge in [0.15, 0.2) is 0 Å². The van der Waals surface area contributed by atoms with Crippen LogP contribution in [0.3, 0.4) is 0 Å². The molecule has 1 atom stereocenters. The van der Waals surface area contributed by atoms with Crippen LogP contribution in [0.25, 0.3) is 0 Å². The van der Waals surface area contributed by atoms with E-state index in [0.29, 0.717) is 0 Å². The summed E-state index contributed by atoms with van der Waals surface area (Å²) in [6, 6.07) is 10.7. The van der Waals surface area contributed by atoms with Gasteiger partial charge in [-0.3, -0.25) is 4.79 Å². The number of nitrogens with one attached hydrogen (secondary N) is 2. The fraction of sp³-hybridized carbons (Fsp3) is 0.267. The molecule has 2 N–H and O–H groups in total. The number of nitrogens with zero attached hydrogens (tertiary/aromatic N) is 1. The molecule has 1 heterocycles. The van der Waals surface area contributed by atoms with E-state index in [-0.39, 0.29) is 22.5 Å². The standard InChI is InChI=1S/C15H19N3O3S/c1-11(12-7-5-4-6-8-12)17-15(19)14-9-13(10-18(14)3)22(20,21)16-2/h4-11,16H,1-3H3,(H,17,19). The molecule has 1 aromatic heterocycles. The van der Waals surface area contributed by atoms with Crippen molar-refractivity contribution in [3.8, 4) is 0 Å². The summed E-state index contributed by atoms with van der Waals surface area (Å²) in [5.74, 6) is -0.323. The summed E-state index contributed by atoms with van der Waals surface area (Å²) in [5.41, 5.74) is 1.27. The second-order valence-electron chi connectivity index (χ2n) is 4.99. The Kier molecular flexibility index (Phi) is 4.68. The number of hydrogen-bond acceptors (Lipinski definition) is 3. The highest BCUT2D eigenvalue weighted by atomic mass is 32.2. The first-order valence-corrected chi connectivity index (χ1v) is 8.29. The molecule has 0 aliphatic carbocycles. The Labute approximate surface area is 130 Å². The quantitative estimate of drug-likeness (QED) is 0.874. The van der Waals surface area contributed by atoms with E-state index in [9.17, 15) is 13.2 Å². The Balaban J connectivity index is 2.20. The molecule has 22 heavy (non-hydrogen) atoms. The van der Waals surface area contributed by atoms with E-state index >= 15 is 0 Å². The largest absolute Gasteiger partial charge is 0.345 e. The third kappa shape index (κ3) is 3.37. The van der Waals surface area contributed by atoms with Gasteiger partial charge in [-0.15, -0.1) is 0 Å². The first-order valence-electron chi connectivity index (χ1n) is 6.81. The highest BCUT2D eigenvalue weighted by molar-refractivity contribution is 7.89. The van der Waals surface area contributed by atoms with Gasteiger partial charge in [0.25, 0.3) is 5.91 Å². The van der Waals surface area contributed by atoms with Gasteiger partial charge in [-0.2, -0.15) is 0 Å². The fourth-order valence-corrected chi connectivity index (χ4v) is 2.92. The summed E-state index contributed by atoms with van der Waals surface area (Å²) in [7, 11) is -0.596. The summed E-state index contributed by atoms with van der Waals surface area (Å²) in [6.45, 7) is 1.88. The van der Waals surface area contributed by atoms with Gasteiger partial charge < -0.3 is 9.88 Å². The van der Waals surface area contributed by atoms with Crippen LogP contribution in [0.15, 0.2) is 47.5 Å². The second-order valence-corrected chi connectivity index (χ2v) is 6.87. The number of hydrogen-bond donors (Lipinski definition) is 2. The number of carbonyl (C=O) groups excluding carboxylic acids is 1. The van der Waals surface area contributed by atoms with Crippen LogP contribution in [0.2, 0.25) is 0 Å². The van der Waals surface area contributed by atoms with Crippen molar-refractivity contribution in [2.45, 2.75) is 17.9 Å². The van der Waals surface area contributed by atoms with Crippen LogP contribution in [-0.2, 0) is 17.1 Å². The summed E-state index contributed by atoms with van der Waals surface area (Å²) >= 11 is 0. The Bertz CT molecular complexity index is 767. The minimum atomic E-state index is -3.56. The maximum absolute atomic E-state index is 12.3. The summed E-state index contributed by atoms with van der Waals surface area (Å²) in [4.78, 5) is 12.4. The molecule has 0 bridgehead atoms. The van der Waals surface area contributed by atoms with Crippen LogP contribution in [0.5, 0.6) is 0 Å². The number of sulfonamides is 1. The molecule has 0 aliphatic heterocycles. The maximum Gasteiger partial charge on any atom is 0.268 e. The van der Waals surface area contributed by atoms with E-state index in [0.717, 1.165) is 5.56 Å². The zero-order valence-electron chi connectivity index (χ0n) is 12.7. The highest BCUT2D eigenvalue weighted by Gasteiger charge is 2.20. The van der Waals surface area contributed by atoms with Gasteiger partial charge in [0.1, 0.15) is 10.6 Å². The van der Waals surface area contributed by atoms with Gasteiger partial charge in [-0.25, -0.2) is 13.1 Å². The number of aryl methyl sites for hydroxylation is 1. The van der Waals surface area contributed by atoms with Crippen molar-refractivity contribution in [3.63, 3.8) is 0 Å². The van der Waals surface area contributed by atoms with E-state index in [1.165, 1.54) is 23.9 Å². The van der Waals surface area contributed by atoms with Gasteiger partial charge in [-0.1, -0.05) is 30.3 Å². The Morgan fingerprint density at radius 3 is 2.45 bits per heavy atom. The molecule has 0 fully saturated rings. The zero-order valence-corrected chi connectivity index (χ0v) is 13.5. The van der Waals surface area contributed by atoms with Crippen molar-refractivity contribution >= 4 is 15.9 Å². The summed E-state index contributed by atoms with van der Waals surface area (Å²) in [6.07, 6.45) is 1.41. The first-order chi connectivity index (χ1) is 10.3. The topological polar surface area (TPSA) is 80.2 Å². The average Bonchev–Trinajstić information content (AvgIpc) is 2.91. The molecule has 1 aromatic carbocycles. The minimum absolute atomic E-state index is 0.0648. The molecule has 0 saturated heterocycles. The van der Waals surface area contributed by atoms with Crippen molar-refractivity contribution in [2.75, 3.05) is 7.05 Å². The molecule has 0 aliphatic rings. The fourth-order valence-electron chi connectivity index (χ4n) is 2.12. The molecule has 1 unspecified atom stereocenters. The SMILES string of the molecule is CNS(=O)(=O)c1cc(C(=O)NC(C)c2ccccc2)n(C)c1. The predicted molar refractivity (Wildman–Crippen MR) is 84.0 cm³/mol. The van der Waals surface area contributed by atoms with E-state index in [1.54, 1.807) is 7.05 Å². The summed E-state index contributed by atoms with van der Waals surface area (Å²) < 4.78 is 27.3. The maximum atomic E-state index is 12.3. The van der Waals surface area contributed by atoms with Crippen molar-refractivity contribution < 1.29 is 13.2 Å². The van der Waals surface area contributed by atoms with Crippen LogP contribution in [0, 0.1) is 0 Å². The van der Waals surface area contributed by atoms with Crippen molar-refractivity contribution in [2.24, 2.45) is 7.05 Å². The third-order valence-electron chi connectivity index (χ3n) is 3.44. The van der Waals surface area contributed by atoms with E-state index in [4.69, 9.17) is 0 Å². The first kappa shape index (κ1) is 16.3. The van der Waals surface area contributed by atoms with Gasteiger partial charge in [0, 0.05) is 13.2 Å². The van der Waals surface area contributed by atoms with E-state index in [1.807, 2.05) is 37.3 Å². The Hall–Kier alpha value is -2.12. The second kappa shape index (κ2) is 6.33. The molecule has 118 valence electrons. The van der Waals surface area contributed by atoms with Crippen molar-refractivity contribution in [1.29, 1.82) is 0 Å². The van der Waals surface area contributed by atoms with Crippen LogP contribution >= 0.6 is 0 Å². The lowest BCUT2D eigenvalue weighted by Gasteiger charge is -2.14. The molecule has 0 saturated carbocycles. The van der Waals surface area contributed by atoms with E-state index < -0.39 is 10.0 Å². The molecule has 2 rings (SSSR count). The predicted octanol–water partition coefficient (Wildman–Crippen LogP) is 1.42. The lowest BCUT2D eigenvalue weighted by atomic mass is 10.1. The number of rotatable bonds is 5. The monoisotopic (exact) mass is 321 g/mol. The lowest BCUT2D eigenvalue weighted by Crippen LogP contribution is -2.28. The third-order valence-corrected chi connectivity index (χ3v) is 4.82. The normalized spacial score (nSPS) is 12.9. The van der Waals surface area contributed by atoms with Crippen LogP contribution in [0.1, 0.15) is 29.0 Å². The van der Waals surface area contributed by atoms with Gasteiger partial charge >= 0.3 is 0 Å². The lowest BCUT2D eigenvalue weighted by molar-refractivity contribution is 0.0931. The molecule has 6 nitrogen and oxygen atoms in total. The molecule has 1 amide bonds. The van der Waals surface area contributed by atoms with Crippen LogP contribution in [-0.4, -0.2) is 25.9 Å². The molecular formula is C15H19N3O3S. The smallest absolute Gasteiger partial charge is 0.268 e. The number of benzene rings is 1. The van der Waals surface area contributed by atoms with Crippen LogP contribution < -0.4 is 10.0 Å². The van der Waals surface area contributed by atoms with E-state index in [2.05, 4.69) is 10.0 Å². The summed E-state index contributed by atoms with van der Waals surface area (Å²) in [5, 5.41) is 2.86. The number of amides is 1. The molecule has 0 spiro atoms. The zero-order chi connectivity index (χ0) is 16.3. The Morgan fingerprint density at radius 2 is 1.86 bits per heavy atom. The number of carbonyl (C=O) groups is 1.